The van der Waals surface area contributed by atoms with Crippen LogP contribution in [0.1, 0.15) is 36.6 Å². The van der Waals surface area contributed by atoms with Crippen LogP contribution >= 0.6 is 11.6 Å². The number of hydrogen-bond acceptors (Lipinski definition) is 4. The number of aromatic nitrogens is 1. The average Bonchev–Trinajstić information content (AvgIpc) is 2.46. The summed E-state index contributed by atoms with van der Waals surface area (Å²) in [5.41, 5.74) is 5.49. The summed E-state index contributed by atoms with van der Waals surface area (Å²) < 4.78 is 5.93. The predicted molar refractivity (Wildman–Crippen MR) is 86.7 cm³/mol. The third-order valence-electron chi connectivity index (χ3n) is 3.22. The minimum atomic E-state index is 0.303. The molecule has 0 radical (unpaired) electrons. The summed E-state index contributed by atoms with van der Waals surface area (Å²) in [6, 6.07) is 9.70. The Bertz CT molecular complexity index is 629. The van der Waals surface area contributed by atoms with E-state index in [1.807, 2.05) is 13.0 Å². The molecule has 2 aromatic rings. The van der Waals surface area contributed by atoms with E-state index in [1.54, 1.807) is 12.1 Å². The topological polar surface area (TPSA) is 60.2 Å². The molecule has 0 unspecified atom stereocenters. The Hall–Kier alpha value is -1.78. The molecule has 4 nitrogen and oxygen atoms in total. The number of nitrogens with one attached hydrogen (secondary N) is 1. The van der Waals surface area contributed by atoms with Crippen LogP contribution in [0.2, 0.25) is 5.02 Å². The first-order valence-electron chi connectivity index (χ1n) is 6.86. The number of hydrazine groups is 1. The number of rotatable bonds is 5. The lowest BCUT2D eigenvalue weighted by Gasteiger charge is -2.15. The second-order valence-corrected chi connectivity index (χ2v) is 5.66. The summed E-state index contributed by atoms with van der Waals surface area (Å²) in [5, 5.41) is 0.563. The van der Waals surface area contributed by atoms with Crippen molar-refractivity contribution in [3.8, 4) is 5.75 Å². The monoisotopic (exact) mass is 305 g/mol. The third kappa shape index (κ3) is 3.86. The number of benzene rings is 1. The molecule has 5 heteroatoms. The molecule has 112 valence electrons. The van der Waals surface area contributed by atoms with Crippen molar-refractivity contribution < 1.29 is 4.74 Å². The van der Waals surface area contributed by atoms with E-state index in [1.165, 1.54) is 5.56 Å². The van der Waals surface area contributed by atoms with Crippen molar-refractivity contribution in [1.82, 2.24) is 4.98 Å². The van der Waals surface area contributed by atoms with Gasteiger partial charge in [0.05, 0.1) is 10.7 Å². The van der Waals surface area contributed by atoms with Crippen LogP contribution < -0.4 is 16.0 Å². The van der Waals surface area contributed by atoms with E-state index in [9.17, 15) is 0 Å². The number of ether oxygens (including phenoxy) is 1. The SMILES string of the molecule is Cc1ccc(C(C)C)c(OCc2nc(NN)ccc2Cl)c1. The van der Waals surface area contributed by atoms with Crippen molar-refractivity contribution in [3.63, 3.8) is 0 Å². The maximum absolute atomic E-state index is 6.14. The van der Waals surface area contributed by atoms with E-state index >= 15 is 0 Å². The normalized spacial score (nSPS) is 10.8. The van der Waals surface area contributed by atoms with Gasteiger partial charge in [0.2, 0.25) is 0 Å². The zero-order valence-corrected chi connectivity index (χ0v) is 13.2. The van der Waals surface area contributed by atoms with Crippen LogP contribution in [0.15, 0.2) is 30.3 Å². The first kappa shape index (κ1) is 15.6. The second kappa shape index (κ2) is 6.78. The van der Waals surface area contributed by atoms with Crippen LogP contribution in [0, 0.1) is 6.92 Å². The fourth-order valence-electron chi connectivity index (χ4n) is 2.06. The number of aryl methyl sites for hydroxylation is 1. The second-order valence-electron chi connectivity index (χ2n) is 5.25. The van der Waals surface area contributed by atoms with Gasteiger partial charge in [0.1, 0.15) is 18.2 Å². The van der Waals surface area contributed by atoms with Crippen molar-refractivity contribution in [3.05, 3.63) is 52.2 Å². The van der Waals surface area contributed by atoms with Gasteiger partial charge in [0.15, 0.2) is 0 Å². The average molecular weight is 306 g/mol. The maximum Gasteiger partial charge on any atom is 0.140 e. The molecule has 0 aliphatic carbocycles. The minimum absolute atomic E-state index is 0.303. The van der Waals surface area contributed by atoms with E-state index in [0.29, 0.717) is 29.1 Å². The Kier molecular flexibility index (Phi) is 5.04. The van der Waals surface area contributed by atoms with Crippen molar-refractivity contribution in [2.75, 3.05) is 5.43 Å². The molecule has 2 rings (SSSR count). The number of nitrogens with zero attached hydrogens (tertiary/aromatic N) is 1. The highest BCUT2D eigenvalue weighted by Crippen LogP contribution is 2.28. The predicted octanol–water partition coefficient (Wildman–Crippen LogP) is 4.03. The van der Waals surface area contributed by atoms with Crippen molar-refractivity contribution >= 4 is 17.4 Å². The molecule has 0 aliphatic heterocycles. The summed E-state index contributed by atoms with van der Waals surface area (Å²) in [6.45, 7) is 6.63. The summed E-state index contributed by atoms with van der Waals surface area (Å²) in [7, 11) is 0. The van der Waals surface area contributed by atoms with E-state index in [-0.39, 0.29) is 0 Å². The van der Waals surface area contributed by atoms with Gasteiger partial charge in [-0.3, -0.25) is 0 Å². The van der Waals surface area contributed by atoms with Gasteiger partial charge < -0.3 is 10.2 Å². The van der Waals surface area contributed by atoms with Crippen LogP contribution in [0.5, 0.6) is 5.75 Å². The molecule has 21 heavy (non-hydrogen) atoms. The summed E-state index contributed by atoms with van der Waals surface area (Å²) >= 11 is 6.14. The zero-order chi connectivity index (χ0) is 15.4. The van der Waals surface area contributed by atoms with Crippen molar-refractivity contribution in [1.29, 1.82) is 0 Å². The van der Waals surface area contributed by atoms with Crippen molar-refractivity contribution in [2.24, 2.45) is 5.84 Å². The van der Waals surface area contributed by atoms with Gasteiger partial charge in [0.25, 0.3) is 0 Å². The molecule has 0 spiro atoms. The Balaban J connectivity index is 2.22. The van der Waals surface area contributed by atoms with Gasteiger partial charge in [-0.25, -0.2) is 10.8 Å². The highest BCUT2D eigenvalue weighted by atomic mass is 35.5. The van der Waals surface area contributed by atoms with Crippen LogP contribution in [0.25, 0.3) is 0 Å². The van der Waals surface area contributed by atoms with Gasteiger partial charge in [-0.2, -0.15) is 0 Å². The van der Waals surface area contributed by atoms with Gasteiger partial charge in [-0.15, -0.1) is 0 Å². The van der Waals surface area contributed by atoms with Crippen LogP contribution in [-0.4, -0.2) is 4.98 Å². The molecule has 0 amide bonds. The Morgan fingerprint density at radius 1 is 1.29 bits per heavy atom. The smallest absolute Gasteiger partial charge is 0.140 e. The lowest BCUT2D eigenvalue weighted by atomic mass is 10.0. The van der Waals surface area contributed by atoms with Gasteiger partial charge in [-0.1, -0.05) is 37.6 Å². The van der Waals surface area contributed by atoms with Gasteiger partial charge >= 0.3 is 0 Å². The number of hydrogen-bond donors (Lipinski definition) is 2. The summed E-state index contributed by atoms with van der Waals surface area (Å²) in [6.07, 6.45) is 0. The standard InChI is InChI=1S/C16H20ClN3O/c1-10(2)12-5-4-11(3)8-15(12)21-9-14-13(17)6-7-16(19-14)20-18/h4-8,10H,9,18H2,1-3H3,(H,19,20). The highest BCUT2D eigenvalue weighted by Gasteiger charge is 2.10. The lowest BCUT2D eigenvalue weighted by Crippen LogP contribution is -2.10. The molecule has 1 heterocycles. The van der Waals surface area contributed by atoms with Gasteiger partial charge in [0, 0.05) is 0 Å². The molecule has 0 atom stereocenters. The molecule has 0 aliphatic rings. The first-order chi connectivity index (χ1) is 10.0. The Morgan fingerprint density at radius 2 is 2.05 bits per heavy atom. The fraction of sp³-hybridized carbons (Fsp3) is 0.312. The molecule has 0 fully saturated rings. The fourth-order valence-corrected chi connectivity index (χ4v) is 2.22. The number of nitrogen functional groups attached to an aromatic ring is 1. The third-order valence-corrected chi connectivity index (χ3v) is 3.57. The molecular weight excluding hydrogens is 286 g/mol. The van der Waals surface area contributed by atoms with Crippen molar-refractivity contribution in [2.45, 2.75) is 33.3 Å². The molecule has 3 N–H and O–H groups in total. The maximum atomic E-state index is 6.14. The van der Waals surface area contributed by atoms with E-state index < -0.39 is 0 Å². The lowest BCUT2D eigenvalue weighted by molar-refractivity contribution is 0.297. The molecule has 1 aromatic carbocycles. The van der Waals surface area contributed by atoms with Crippen LogP contribution in [0.4, 0.5) is 5.82 Å². The highest BCUT2D eigenvalue weighted by molar-refractivity contribution is 6.31. The zero-order valence-electron chi connectivity index (χ0n) is 12.5. The van der Waals surface area contributed by atoms with Crippen LogP contribution in [-0.2, 0) is 6.61 Å². The molecule has 1 aromatic heterocycles. The molecule has 0 bridgehead atoms. The van der Waals surface area contributed by atoms with E-state index in [0.717, 1.165) is 11.3 Å². The minimum Gasteiger partial charge on any atom is -0.487 e. The number of pyridine rings is 1. The molecule has 0 saturated carbocycles. The Labute approximate surface area is 130 Å². The number of anilines is 1. The summed E-state index contributed by atoms with van der Waals surface area (Å²) in [5.74, 6) is 7.18. The molecular formula is C16H20ClN3O. The number of nitrogens with two attached hydrogens (primary N) is 1. The number of halogens is 1. The Morgan fingerprint density at radius 3 is 2.71 bits per heavy atom. The molecule has 0 saturated heterocycles. The summed E-state index contributed by atoms with van der Waals surface area (Å²) in [4.78, 5) is 4.31. The van der Waals surface area contributed by atoms with Gasteiger partial charge in [-0.05, 0) is 42.2 Å². The largest absolute Gasteiger partial charge is 0.487 e. The quantitative estimate of drug-likeness (QED) is 0.647. The van der Waals surface area contributed by atoms with E-state index in [2.05, 4.69) is 36.4 Å². The first-order valence-corrected chi connectivity index (χ1v) is 7.24. The van der Waals surface area contributed by atoms with Crippen LogP contribution in [0.3, 0.4) is 0 Å². The van der Waals surface area contributed by atoms with E-state index in [4.69, 9.17) is 22.2 Å².